The minimum atomic E-state index is 0.445. The van der Waals surface area contributed by atoms with Crippen LogP contribution in [0, 0.1) is 0 Å². The summed E-state index contributed by atoms with van der Waals surface area (Å²) in [7, 11) is 0. The topological polar surface area (TPSA) is 47.9 Å². The zero-order chi connectivity index (χ0) is 12.1. The van der Waals surface area contributed by atoms with E-state index < -0.39 is 0 Å². The number of rotatable bonds is 4. The third kappa shape index (κ3) is 2.91. The maximum atomic E-state index is 6.03. The predicted octanol–water partition coefficient (Wildman–Crippen LogP) is 3.27. The Hall–Kier alpha value is -1.68. The van der Waals surface area contributed by atoms with Gasteiger partial charge in [-0.2, -0.15) is 0 Å². The fraction of sp³-hybridized carbons (Fsp3) is 0.250. The summed E-state index contributed by atoms with van der Waals surface area (Å²) < 4.78 is 5.64. The summed E-state index contributed by atoms with van der Waals surface area (Å²) in [5.41, 5.74) is 0.834. The second-order valence-corrected chi connectivity index (χ2v) is 3.85. The number of aromatic nitrogens is 3. The highest BCUT2D eigenvalue weighted by Crippen LogP contribution is 2.27. The molecule has 0 aliphatic carbocycles. The van der Waals surface area contributed by atoms with Crippen molar-refractivity contribution in [2.45, 2.75) is 19.8 Å². The first kappa shape index (κ1) is 11.8. The molecular formula is C12H12ClN3O. The molecule has 0 aliphatic heterocycles. The first-order chi connectivity index (χ1) is 8.31. The van der Waals surface area contributed by atoms with Gasteiger partial charge in [-0.25, -0.2) is 9.97 Å². The smallest absolute Gasteiger partial charge is 0.227 e. The molecule has 2 rings (SSSR count). The lowest BCUT2D eigenvalue weighted by Gasteiger charge is -2.09. The van der Waals surface area contributed by atoms with Gasteiger partial charge >= 0.3 is 0 Å². The lowest BCUT2D eigenvalue weighted by Crippen LogP contribution is -1.97. The van der Waals surface area contributed by atoms with Gasteiger partial charge in [0.05, 0.1) is 11.8 Å². The molecule has 5 heteroatoms. The fourth-order valence-electron chi connectivity index (χ4n) is 1.44. The van der Waals surface area contributed by atoms with Crippen LogP contribution in [0.25, 0.3) is 0 Å². The van der Waals surface area contributed by atoms with E-state index in [1.165, 1.54) is 6.33 Å². The van der Waals surface area contributed by atoms with E-state index in [0.717, 1.165) is 18.4 Å². The van der Waals surface area contributed by atoms with Crippen LogP contribution in [0.2, 0.25) is 5.15 Å². The van der Waals surface area contributed by atoms with Gasteiger partial charge in [0.15, 0.2) is 0 Å². The van der Waals surface area contributed by atoms with Crippen molar-refractivity contribution < 1.29 is 4.74 Å². The molecule has 0 radical (unpaired) electrons. The van der Waals surface area contributed by atoms with E-state index in [0.29, 0.717) is 16.8 Å². The van der Waals surface area contributed by atoms with E-state index in [1.807, 2.05) is 6.07 Å². The number of pyridine rings is 1. The largest absolute Gasteiger partial charge is 0.437 e. The molecule has 0 bridgehead atoms. The normalized spacial score (nSPS) is 10.2. The van der Waals surface area contributed by atoms with Crippen LogP contribution in [-0.4, -0.2) is 15.0 Å². The van der Waals surface area contributed by atoms with Crippen LogP contribution < -0.4 is 4.74 Å². The molecule has 4 nitrogen and oxygen atoms in total. The van der Waals surface area contributed by atoms with Gasteiger partial charge in [0.25, 0.3) is 0 Å². The van der Waals surface area contributed by atoms with Crippen LogP contribution in [0.3, 0.4) is 0 Å². The van der Waals surface area contributed by atoms with Crippen LogP contribution in [0.5, 0.6) is 11.6 Å². The van der Waals surface area contributed by atoms with E-state index >= 15 is 0 Å². The number of ether oxygens (including phenoxy) is 1. The standard InChI is InChI=1S/C12H12ClN3O/c1-2-4-10-11(13)15-8-16-12(10)17-9-5-3-6-14-7-9/h3,5-8H,2,4H2,1H3. The molecule has 0 unspecified atom stereocenters. The summed E-state index contributed by atoms with van der Waals surface area (Å²) in [5, 5.41) is 0.445. The Morgan fingerprint density at radius 1 is 1.35 bits per heavy atom. The zero-order valence-corrected chi connectivity index (χ0v) is 10.2. The van der Waals surface area contributed by atoms with Crippen molar-refractivity contribution >= 4 is 11.6 Å². The third-order valence-electron chi connectivity index (χ3n) is 2.20. The molecule has 0 aliphatic rings. The van der Waals surface area contributed by atoms with Gasteiger partial charge in [-0.15, -0.1) is 0 Å². The van der Waals surface area contributed by atoms with Crippen LogP contribution in [0.1, 0.15) is 18.9 Å². The van der Waals surface area contributed by atoms with Crippen LogP contribution in [0.4, 0.5) is 0 Å². The van der Waals surface area contributed by atoms with Gasteiger partial charge in [0.1, 0.15) is 17.2 Å². The number of halogens is 1. The molecule has 2 heterocycles. The summed E-state index contributed by atoms with van der Waals surface area (Å²) in [6.07, 6.45) is 6.46. The molecule has 0 amide bonds. The molecule has 88 valence electrons. The molecule has 0 fully saturated rings. The van der Waals surface area contributed by atoms with Crippen molar-refractivity contribution in [1.82, 2.24) is 15.0 Å². The summed E-state index contributed by atoms with van der Waals surface area (Å²) in [5.74, 6) is 1.14. The highest BCUT2D eigenvalue weighted by atomic mass is 35.5. The Balaban J connectivity index is 2.29. The summed E-state index contributed by atoms with van der Waals surface area (Å²) in [6.45, 7) is 2.07. The van der Waals surface area contributed by atoms with Gasteiger partial charge in [0, 0.05) is 6.20 Å². The lowest BCUT2D eigenvalue weighted by molar-refractivity contribution is 0.452. The summed E-state index contributed by atoms with van der Waals surface area (Å²) >= 11 is 6.03. The van der Waals surface area contributed by atoms with Crippen molar-refractivity contribution in [2.24, 2.45) is 0 Å². The maximum Gasteiger partial charge on any atom is 0.227 e. The summed E-state index contributed by atoms with van der Waals surface area (Å²) in [6, 6.07) is 3.62. The Labute approximate surface area is 105 Å². The van der Waals surface area contributed by atoms with E-state index in [-0.39, 0.29) is 0 Å². The van der Waals surface area contributed by atoms with Crippen molar-refractivity contribution in [3.05, 3.63) is 41.6 Å². The second-order valence-electron chi connectivity index (χ2n) is 3.49. The van der Waals surface area contributed by atoms with Gasteiger partial charge in [-0.3, -0.25) is 4.98 Å². The second kappa shape index (κ2) is 5.59. The monoisotopic (exact) mass is 249 g/mol. The molecule has 0 N–H and O–H groups in total. The predicted molar refractivity (Wildman–Crippen MR) is 65.3 cm³/mol. The van der Waals surface area contributed by atoms with Crippen molar-refractivity contribution in [1.29, 1.82) is 0 Å². The third-order valence-corrected chi connectivity index (χ3v) is 2.53. The average Bonchev–Trinajstić information content (AvgIpc) is 2.35. The molecule has 0 saturated carbocycles. The van der Waals surface area contributed by atoms with E-state index in [2.05, 4.69) is 21.9 Å². The van der Waals surface area contributed by atoms with Gasteiger partial charge in [-0.1, -0.05) is 24.9 Å². The minimum Gasteiger partial charge on any atom is -0.437 e. The average molecular weight is 250 g/mol. The zero-order valence-electron chi connectivity index (χ0n) is 9.43. The molecule has 0 spiro atoms. The molecule has 0 atom stereocenters. The Morgan fingerprint density at radius 3 is 2.94 bits per heavy atom. The van der Waals surface area contributed by atoms with Crippen molar-refractivity contribution in [3.8, 4) is 11.6 Å². The SMILES string of the molecule is CCCc1c(Cl)ncnc1Oc1cccnc1. The van der Waals surface area contributed by atoms with E-state index in [1.54, 1.807) is 18.5 Å². The van der Waals surface area contributed by atoms with Gasteiger partial charge in [0.2, 0.25) is 5.88 Å². The molecule has 2 aromatic rings. The number of hydrogen-bond acceptors (Lipinski definition) is 4. The first-order valence-corrected chi connectivity index (χ1v) is 5.76. The molecule has 17 heavy (non-hydrogen) atoms. The van der Waals surface area contributed by atoms with Crippen LogP contribution in [0.15, 0.2) is 30.9 Å². The van der Waals surface area contributed by atoms with Crippen LogP contribution >= 0.6 is 11.6 Å². The number of hydrogen-bond donors (Lipinski definition) is 0. The summed E-state index contributed by atoms with van der Waals surface area (Å²) in [4.78, 5) is 12.0. The Morgan fingerprint density at radius 2 is 2.24 bits per heavy atom. The highest BCUT2D eigenvalue weighted by Gasteiger charge is 2.11. The molecular weight excluding hydrogens is 238 g/mol. The van der Waals surface area contributed by atoms with E-state index in [9.17, 15) is 0 Å². The molecule has 2 aromatic heterocycles. The Kier molecular flexibility index (Phi) is 3.88. The van der Waals surface area contributed by atoms with Crippen molar-refractivity contribution in [2.75, 3.05) is 0 Å². The minimum absolute atomic E-state index is 0.445. The lowest BCUT2D eigenvalue weighted by atomic mass is 10.2. The molecule has 0 saturated heterocycles. The maximum absolute atomic E-state index is 6.03. The first-order valence-electron chi connectivity index (χ1n) is 5.38. The van der Waals surface area contributed by atoms with E-state index in [4.69, 9.17) is 16.3 Å². The van der Waals surface area contributed by atoms with Gasteiger partial charge in [-0.05, 0) is 18.6 Å². The van der Waals surface area contributed by atoms with Gasteiger partial charge < -0.3 is 4.74 Å². The Bertz CT molecular complexity index is 490. The van der Waals surface area contributed by atoms with Crippen molar-refractivity contribution in [3.63, 3.8) is 0 Å². The molecule has 0 aromatic carbocycles. The quantitative estimate of drug-likeness (QED) is 0.781. The fourth-order valence-corrected chi connectivity index (χ4v) is 1.66. The number of nitrogens with zero attached hydrogens (tertiary/aromatic N) is 3. The van der Waals surface area contributed by atoms with Crippen LogP contribution in [-0.2, 0) is 6.42 Å². The highest BCUT2D eigenvalue weighted by molar-refractivity contribution is 6.30.